The van der Waals surface area contributed by atoms with Crippen molar-refractivity contribution in [1.29, 1.82) is 0 Å². The molecule has 0 spiro atoms. The van der Waals surface area contributed by atoms with Crippen molar-refractivity contribution in [1.82, 2.24) is 10.1 Å². The predicted molar refractivity (Wildman–Crippen MR) is 76.3 cm³/mol. The van der Waals surface area contributed by atoms with Gasteiger partial charge in [-0.25, -0.2) is 0 Å². The molecule has 20 heavy (non-hydrogen) atoms. The second-order valence-electron chi connectivity index (χ2n) is 4.21. The zero-order valence-corrected chi connectivity index (χ0v) is 11.0. The van der Waals surface area contributed by atoms with E-state index in [1.807, 2.05) is 0 Å². The van der Waals surface area contributed by atoms with Gasteiger partial charge >= 0.3 is 0 Å². The van der Waals surface area contributed by atoms with Gasteiger partial charge in [-0.3, -0.25) is 0 Å². The van der Waals surface area contributed by atoms with E-state index in [0.29, 0.717) is 33.6 Å². The summed E-state index contributed by atoms with van der Waals surface area (Å²) in [7, 11) is 0. The summed E-state index contributed by atoms with van der Waals surface area (Å²) in [6.07, 6.45) is 0. The van der Waals surface area contributed by atoms with Gasteiger partial charge in [-0.05, 0) is 30.3 Å². The Kier molecular flexibility index (Phi) is 3.04. The molecule has 3 rings (SSSR count). The second-order valence-corrected chi connectivity index (χ2v) is 4.62. The van der Waals surface area contributed by atoms with Crippen LogP contribution in [-0.4, -0.2) is 15.2 Å². The van der Waals surface area contributed by atoms with E-state index in [1.54, 1.807) is 42.5 Å². The normalized spacial score (nSPS) is 10.7. The Morgan fingerprint density at radius 3 is 2.75 bits per heavy atom. The van der Waals surface area contributed by atoms with Gasteiger partial charge in [0.25, 0.3) is 5.89 Å². The Labute approximate surface area is 119 Å². The van der Waals surface area contributed by atoms with Gasteiger partial charge in [0, 0.05) is 11.3 Å². The third-order valence-corrected chi connectivity index (χ3v) is 3.07. The number of phenolic OH excluding ortho intramolecular Hbond substituents is 1. The van der Waals surface area contributed by atoms with Crippen molar-refractivity contribution < 1.29 is 9.63 Å². The Balaban J connectivity index is 2.02. The minimum Gasteiger partial charge on any atom is -0.508 e. The lowest BCUT2D eigenvalue weighted by Crippen LogP contribution is -1.86. The number of hydrogen-bond donors (Lipinski definition) is 2. The van der Waals surface area contributed by atoms with Crippen LogP contribution < -0.4 is 5.73 Å². The molecule has 0 fully saturated rings. The number of phenols is 1. The maximum atomic E-state index is 9.45. The lowest BCUT2D eigenvalue weighted by Gasteiger charge is -1.99. The first-order chi connectivity index (χ1) is 9.63. The highest BCUT2D eigenvalue weighted by Gasteiger charge is 2.13. The van der Waals surface area contributed by atoms with E-state index >= 15 is 0 Å². The first-order valence-corrected chi connectivity index (χ1v) is 6.20. The van der Waals surface area contributed by atoms with Crippen LogP contribution in [0.1, 0.15) is 0 Å². The number of anilines is 1. The molecule has 0 saturated heterocycles. The van der Waals surface area contributed by atoms with E-state index in [4.69, 9.17) is 21.9 Å². The number of aromatic hydroxyl groups is 1. The quantitative estimate of drug-likeness (QED) is 0.706. The lowest BCUT2D eigenvalue weighted by molar-refractivity contribution is 0.432. The largest absolute Gasteiger partial charge is 0.508 e. The summed E-state index contributed by atoms with van der Waals surface area (Å²) in [5, 5.41) is 13.8. The van der Waals surface area contributed by atoms with Crippen LogP contribution in [-0.2, 0) is 0 Å². The zero-order chi connectivity index (χ0) is 14.1. The SMILES string of the molecule is Nc1ccc(-c2nc(-c3cccc(O)c3)no2)c(Cl)c1. The van der Waals surface area contributed by atoms with Crippen LogP contribution in [0.2, 0.25) is 5.02 Å². The summed E-state index contributed by atoms with van der Waals surface area (Å²) in [6.45, 7) is 0. The van der Waals surface area contributed by atoms with Crippen molar-refractivity contribution in [3.05, 3.63) is 47.5 Å². The van der Waals surface area contributed by atoms with Gasteiger partial charge < -0.3 is 15.4 Å². The fourth-order valence-corrected chi connectivity index (χ4v) is 2.07. The number of rotatable bonds is 2. The minimum atomic E-state index is 0.138. The lowest BCUT2D eigenvalue weighted by atomic mass is 10.2. The molecule has 5 nitrogen and oxygen atoms in total. The van der Waals surface area contributed by atoms with E-state index in [0.717, 1.165) is 0 Å². The second kappa shape index (κ2) is 4.86. The maximum absolute atomic E-state index is 9.45. The molecule has 100 valence electrons. The van der Waals surface area contributed by atoms with Gasteiger partial charge in [-0.2, -0.15) is 4.98 Å². The van der Waals surface area contributed by atoms with Crippen LogP contribution in [0.25, 0.3) is 22.8 Å². The molecule has 3 aromatic rings. The summed E-state index contributed by atoms with van der Waals surface area (Å²) < 4.78 is 5.20. The molecule has 1 aromatic heterocycles. The molecule has 0 saturated carbocycles. The Hall–Kier alpha value is -2.53. The van der Waals surface area contributed by atoms with Gasteiger partial charge in [0.2, 0.25) is 5.82 Å². The van der Waals surface area contributed by atoms with E-state index in [2.05, 4.69) is 10.1 Å². The van der Waals surface area contributed by atoms with Crippen molar-refractivity contribution in [2.24, 2.45) is 0 Å². The Morgan fingerprint density at radius 2 is 2.00 bits per heavy atom. The Bertz CT molecular complexity index is 771. The van der Waals surface area contributed by atoms with Crippen molar-refractivity contribution in [3.63, 3.8) is 0 Å². The van der Waals surface area contributed by atoms with Gasteiger partial charge in [0.15, 0.2) is 0 Å². The molecule has 0 aliphatic rings. The number of benzene rings is 2. The van der Waals surface area contributed by atoms with Crippen LogP contribution in [0.3, 0.4) is 0 Å². The average molecular weight is 288 g/mol. The maximum Gasteiger partial charge on any atom is 0.259 e. The summed E-state index contributed by atoms with van der Waals surface area (Å²) in [5.41, 5.74) is 7.47. The fraction of sp³-hybridized carbons (Fsp3) is 0. The number of nitrogen functional groups attached to an aromatic ring is 1. The van der Waals surface area contributed by atoms with Crippen LogP contribution >= 0.6 is 11.6 Å². The van der Waals surface area contributed by atoms with Crippen molar-refractivity contribution in [2.75, 3.05) is 5.73 Å². The highest BCUT2D eigenvalue weighted by Crippen LogP contribution is 2.30. The van der Waals surface area contributed by atoms with Crippen molar-refractivity contribution >= 4 is 17.3 Å². The number of halogens is 1. The molecule has 0 atom stereocenters. The molecular weight excluding hydrogens is 278 g/mol. The molecule has 6 heteroatoms. The first-order valence-electron chi connectivity index (χ1n) is 5.82. The van der Waals surface area contributed by atoms with Crippen LogP contribution in [0.4, 0.5) is 5.69 Å². The van der Waals surface area contributed by atoms with Gasteiger partial charge in [0.05, 0.1) is 10.6 Å². The van der Waals surface area contributed by atoms with E-state index in [9.17, 15) is 5.11 Å². The van der Waals surface area contributed by atoms with Crippen molar-refractivity contribution in [2.45, 2.75) is 0 Å². The van der Waals surface area contributed by atoms with Gasteiger partial charge in [-0.1, -0.05) is 28.9 Å². The number of aromatic nitrogens is 2. The molecule has 0 unspecified atom stereocenters. The molecule has 0 radical (unpaired) electrons. The minimum absolute atomic E-state index is 0.138. The van der Waals surface area contributed by atoms with Crippen LogP contribution in [0.15, 0.2) is 47.0 Å². The molecule has 0 bridgehead atoms. The van der Waals surface area contributed by atoms with E-state index in [-0.39, 0.29) is 5.75 Å². The highest BCUT2D eigenvalue weighted by atomic mass is 35.5. The molecule has 0 amide bonds. The first kappa shape index (κ1) is 12.5. The third kappa shape index (κ3) is 2.31. The average Bonchev–Trinajstić information content (AvgIpc) is 2.88. The number of hydrogen-bond acceptors (Lipinski definition) is 5. The van der Waals surface area contributed by atoms with E-state index in [1.165, 1.54) is 0 Å². The standard InChI is InChI=1S/C14H10ClN3O2/c15-12-7-9(16)4-5-11(12)14-17-13(18-20-14)8-2-1-3-10(19)6-8/h1-7,19H,16H2. The molecule has 2 aromatic carbocycles. The fourth-order valence-electron chi connectivity index (χ4n) is 1.80. The van der Waals surface area contributed by atoms with Gasteiger partial charge in [0.1, 0.15) is 5.75 Å². The van der Waals surface area contributed by atoms with E-state index < -0.39 is 0 Å². The van der Waals surface area contributed by atoms with Crippen molar-refractivity contribution in [3.8, 4) is 28.6 Å². The molecular formula is C14H10ClN3O2. The smallest absolute Gasteiger partial charge is 0.259 e. The molecule has 1 heterocycles. The topological polar surface area (TPSA) is 85.2 Å². The van der Waals surface area contributed by atoms with Gasteiger partial charge in [-0.15, -0.1) is 0 Å². The summed E-state index contributed by atoms with van der Waals surface area (Å²) in [4.78, 5) is 4.27. The Morgan fingerprint density at radius 1 is 1.15 bits per heavy atom. The van der Waals surface area contributed by atoms with Crippen LogP contribution in [0, 0.1) is 0 Å². The summed E-state index contributed by atoms with van der Waals surface area (Å²) >= 11 is 6.10. The van der Waals surface area contributed by atoms with Crippen LogP contribution in [0.5, 0.6) is 5.75 Å². The predicted octanol–water partition coefficient (Wildman–Crippen LogP) is 3.34. The third-order valence-electron chi connectivity index (χ3n) is 2.75. The number of nitrogens with two attached hydrogens (primary N) is 1. The molecule has 0 aliphatic heterocycles. The summed E-state index contributed by atoms with van der Waals surface area (Å²) in [5.74, 6) is 0.816. The highest BCUT2D eigenvalue weighted by molar-refractivity contribution is 6.33. The molecule has 0 aliphatic carbocycles. The number of nitrogens with zero attached hydrogens (tertiary/aromatic N) is 2. The summed E-state index contributed by atoms with van der Waals surface area (Å²) in [6, 6.07) is 11.7. The molecule has 3 N–H and O–H groups in total. The monoisotopic (exact) mass is 287 g/mol. The zero-order valence-electron chi connectivity index (χ0n) is 10.2.